The van der Waals surface area contributed by atoms with Gasteiger partial charge >= 0.3 is 11.9 Å². The van der Waals surface area contributed by atoms with Crippen molar-refractivity contribution < 1.29 is 22.8 Å². The normalized spacial score (nSPS) is 11.4. The first kappa shape index (κ1) is 13.8. The lowest BCUT2D eigenvalue weighted by Gasteiger charge is -2.08. The van der Waals surface area contributed by atoms with Crippen molar-refractivity contribution in [3.63, 3.8) is 0 Å². The lowest BCUT2D eigenvalue weighted by Crippen LogP contribution is -2.06. The van der Waals surface area contributed by atoms with Crippen LogP contribution in [-0.2, 0) is 6.18 Å². The van der Waals surface area contributed by atoms with Crippen molar-refractivity contribution in [2.24, 2.45) is 0 Å². The van der Waals surface area contributed by atoms with Gasteiger partial charge in [-0.05, 0) is 19.1 Å². The van der Waals surface area contributed by atoms with Gasteiger partial charge in [0.05, 0.1) is 10.5 Å². The first-order valence-corrected chi connectivity index (χ1v) is 5.33. The molecule has 106 valence electrons. The van der Waals surface area contributed by atoms with E-state index in [2.05, 4.69) is 10.2 Å². The Labute approximate surface area is 110 Å². The maximum Gasteiger partial charge on any atom is 0.416 e. The Morgan fingerprint density at radius 2 is 2.05 bits per heavy atom. The highest BCUT2D eigenvalue weighted by molar-refractivity contribution is 5.50. The van der Waals surface area contributed by atoms with Crippen LogP contribution in [0.5, 0.6) is 11.6 Å². The van der Waals surface area contributed by atoms with Gasteiger partial charge in [0.1, 0.15) is 0 Å². The monoisotopic (exact) mass is 287 g/mol. The molecule has 9 heteroatoms. The van der Waals surface area contributed by atoms with Crippen LogP contribution in [0.2, 0.25) is 0 Å². The number of aromatic nitrogens is 2. The maximum atomic E-state index is 12.5. The van der Waals surface area contributed by atoms with Crippen LogP contribution >= 0.6 is 0 Å². The predicted octanol–water partition coefficient (Wildman–Crippen LogP) is 3.44. The summed E-state index contributed by atoms with van der Waals surface area (Å²) in [6, 6.07) is 3.49. The maximum absolute atomic E-state index is 12.5. The zero-order chi connectivity index (χ0) is 14.9. The Morgan fingerprint density at radius 3 is 2.55 bits per heavy atom. The zero-order valence-electron chi connectivity index (χ0n) is 10.1. The number of hydrogen-bond acceptors (Lipinski definition) is 4. The fourth-order valence-corrected chi connectivity index (χ4v) is 1.48. The van der Waals surface area contributed by atoms with E-state index in [0.29, 0.717) is 17.8 Å². The molecule has 20 heavy (non-hydrogen) atoms. The molecule has 0 atom stereocenters. The number of nitrogens with zero attached hydrogens (tertiary/aromatic N) is 2. The molecule has 1 aromatic carbocycles. The third-order valence-corrected chi connectivity index (χ3v) is 2.38. The summed E-state index contributed by atoms with van der Waals surface area (Å²) in [5.41, 5.74) is -1.25. The smallest absolute Gasteiger partial charge is 0.416 e. The number of alkyl halides is 3. The zero-order valence-corrected chi connectivity index (χ0v) is 10.1. The Bertz CT molecular complexity index is 652. The summed E-state index contributed by atoms with van der Waals surface area (Å²) in [5, 5.41) is 17.1. The van der Waals surface area contributed by atoms with Crippen LogP contribution in [0.15, 0.2) is 24.3 Å². The van der Waals surface area contributed by atoms with Gasteiger partial charge in [-0.1, -0.05) is 0 Å². The molecule has 1 heterocycles. The number of nitro benzene ring substituents is 1. The molecule has 0 saturated heterocycles. The molecule has 2 aromatic rings. The molecule has 0 fully saturated rings. The van der Waals surface area contributed by atoms with Crippen molar-refractivity contribution in [1.82, 2.24) is 10.2 Å². The molecule has 0 aliphatic rings. The molecule has 0 unspecified atom stereocenters. The number of benzene rings is 1. The molecule has 0 amide bonds. The van der Waals surface area contributed by atoms with Gasteiger partial charge in [0.15, 0.2) is 0 Å². The predicted molar refractivity (Wildman–Crippen MR) is 61.5 cm³/mol. The quantitative estimate of drug-likeness (QED) is 0.692. The summed E-state index contributed by atoms with van der Waals surface area (Å²) in [4.78, 5) is 9.89. The van der Waals surface area contributed by atoms with Crippen molar-refractivity contribution in [3.05, 3.63) is 45.6 Å². The van der Waals surface area contributed by atoms with Crippen molar-refractivity contribution in [1.29, 1.82) is 0 Å². The van der Waals surface area contributed by atoms with Crippen LogP contribution in [0.1, 0.15) is 11.3 Å². The molecule has 0 aliphatic heterocycles. The molecule has 6 nitrogen and oxygen atoms in total. The largest absolute Gasteiger partial charge is 0.430 e. The molecular weight excluding hydrogens is 279 g/mol. The lowest BCUT2D eigenvalue weighted by atomic mass is 10.2. The Morgan fingerprint density at radius 1 is 1.35 bits per heavy atom. The molecule has 0 bridgehead atoms. The Balaban J connectivity index is 2.40. The number of nitro groups is 1. The third kappa shape index (κ3) is 2.87. The lowest BCUT2D eigenvalue weighted by molar-refractivity contribution is -0.385. The van der Waals surface area contributed by atoms with Crippen LogP contribution in [0.4, 0.5) is 18.9 Å². The van der Waals surface area contributed by atoms with Gasteiger partial charge < -0.3 is 4.74 Å². The van der Waals surface area contributed by atoms with Gasteiger partial charge in [-0.3, -0.25) is 15.2 Å². The minimum absolute atomic E-state index is 0.0327. The summed E-state index contributed by atoms with van der Waals surface area (Å²) >= 11 is 0. The van der Waals surface area contributed by atoms with Crippen LogP contribution < -0.4 is 4.74 Å². The third-order valence-electron chi connectivity index (χ3n) is 2.38. The summed E-state index contributed by atoms with van der Waals surface area (Å²) < 4.78 is 42.6. The molecule has 0 aliphatic carbocycles. The molecule has 0 spiro atoms. The van der Waals surface area contributed by atoms with Gasteiger partial charge in [-0.15, -0.1) is 5.10 Å². The second kappa shape index (κ2) is 4.83. The van der Waals surface area contributed by atoms with Crippen LogP contribution in [0, 0.1) is 17.0 Å². The van der Waals surface area contributed by atoms with Crippen LogP contribution in [-0.4, -0.2) is 15.1 Å². The molecule has 0 radical (unpaired) electrons. The number of rotatable bonds is 3. The standard InChI is InChI=1S/C11H8F3N3O3/c1-6-4-10(16-15-6)20-9-3-2-7(11(12,13)14)5-8(9)17(18)19/h2-5H,1H3,(H,15,16). The van der Waals surface area contributed by atoms with E-state index in [-0.39, 0.29) is 11.6 Å². The second-order valence-corrected chi connectivity index (χ2v) is 3.93. The van der Waals surface area contributed by atoms with Crippen molar-refractivity contribution in [2.45, 2.75) is 13.1 Å². The first-order valence-electron chi connectivity index (χ1n) is 5.33. The second-order valence-electron chi connectivity index (χ2n) is 3.93. The number of hydrogen-bond donors (Lipinski definition) is 1. The van der Waals surface area contributed by atoms with Gasteiger partial charge in [0.25, 0.3) is 0 Å². The minimum Gasteiger partial charge on any atom is -0.430 e. The fourth-order valence-electron chi connectivity index (χ4n) is 1.48. The van der Waals surface area contributed by atoms with E-state index in [0.717, 1.165) is 6.07 Å². The highest BCUT2D eigenvalue weighted by Crippen LogP contribution is 2.37. The average Bonchev–Trinajstić information content (AvgIpc) is 2.73. The summed E-state index contributed by atoms with van der Waals surface area (Å²) in [6.07, 6.45) is -4.66. The number of aryl methyl sites for hydroxylation is 1. The van der Waals surface area contributed by atoms with Crippen molar-refractivity contribution in [2.75, 3.05) is 0 Å². The van der Waals surface area contributed by atoms with Crippen molar-refractivity contribution >= 4 is 5.69 Å². The summed E-state index contributed by atoms with van der Waals surface area (Å²) in [6.45, 7) is 1.68. The van der Waals surface area contributed by atoms with E-state index < -0.39 is 22.4 Å². The molecular formula is C11H8F3N3O3. The minimum atomic E-state index is -4.66. The van der Waals surface area contributed by atoms with Crippen LogP contribution in [0.3, 0.4) is 0 Å². The molecule has 1 aromatic heterocycles. The van der Waals surface area contributed by atoms with E-state index in [1.165, 1.54) is 6.07 Å². The van der Waals surface area contributed by atoms with Crippen molar-refractivity contribution in [3.8, 4) is 11.6 Å². The summed E-state index contributed by atoms with van der Waals surface area (Å²) in [5.74, 6) is -0.278. The average molecular weight is 287 g/mol. The van der Waals surface area contributed by atoms with E-state index in [9.17, 15) is 23.3 Å². The molecule has 1 N–H and O–H groups in total. The SMILES string of the molecule is Cc1cc(Oc2ccc(C(F)(F)F)cc2[N+](=O)[O-])n[nH]1. The fraction of sp³-hybridized carbons (Fsp3) is 0.182. The number of ether oxygens (including phenoxy) is 1. The van der Waals surface area contributed by atoms with Gasteiger partial charge in [0, 0.05) is 17.8 Å². The van der Waals surface area contributed by atoms with Gasteiger partial charge in [-0.2, -0.15) is 13.2 Å². The van der Waals surface area contributed by atoms with E-state index >= 15 is 0 Å². The first-order chi connectivity index (χ1) is 9.27. The molecule has 0 saturated carbocycles. The van der Waals surface area contributed by atoms with E-state index in [4.69, 9.17) is 4.74 Å². The van der Waals surface area contributed by atoms with E-state index in [1.54, 1.807) is 6.92 Å². The summed E-state index contributed by atoms with van der Waals surface area (Å²) in [7, 11) is 0. The number of nitrogens with one attached hydrogen (secondary N) is 1. The number of aromatic amines is 1. The number of H-pyrrole nitrogens is 1. The Kier molecular flexibility index (Phi) is 3.35. The van der Waals surface area contributed by atoms with Crippen LogP contribution in [0.25, 0.3) is 0 Å². The van der Waals surface area contributed by atoms with Gasteiger partial charge in [0.2, 0.25) is 11.6 Å². The Hall–Kier alpha value is -2.58. The number of halogens is 3. The topological polar surface area (TPSA) is 81.1 Å². The highest BCUT2D eigenvalue weighted by atomic mass is 19.4. The van der Waals surface area contributed by atoms with E-state index in [1.807, 2.05) is 0 Å². The molecule has 2 rings (SSSR count). The highest BCUT2D eigenvalue weighted by Gasteiger charge is 2.33. The van der Waals surface area contributed by atoms with Gasteiger partial charge in [-0.25, -0.2) is 0 Å².